The second-order valence-electron chi connectivity index (χ2n) is 10.3. The van der Waals surface area contributed by atoms with Crippen LogP contribution in [0.3, 0.4) is 0 Å². The molecule has 1 saturated heterocycles. The number of anilines is 1. The lowest BCUT2D eigenvalue weighted by atomic mass is 9.86. The predicted octanol–water partition coefficient (Wildman–Crippen LogP) is 3.58. The summed E-state index contributed by atoms with van der Waals surface area (Å²) in [5.74, 6) is 1.63. The molecule has 2 atom stereocenters. The number of hydrogen-bond donors (Lipinski definition) is 0. The van der Waals surface area contributed by atoms with Crippen molar-refractivity contribution in [2.75, 3.05) is 18.0 Å². The van der Waals surface area contributed by atoms with Crippen molar-refractivity contribution in [1.82, 2.24) is 29.3 Å². The third-order valence-electron chi connectivity index (χ3n) is 7.61. The molecule has 0 radical (unpaired) electrons. The molecule has 0 unspecified atom stereocenters. The first kappa shape index (κ1) is 21.7. The van der Waals surface area contributed by atoms with Gasteiger partial charge in [-0.05, 0) is 39.5 Å². The number of nitrogens with zero attached hydrogens (tertiary/aromatic N) is 7. The van der Waals surface area contributed by atoms with Crippen LogP contribution in [0, 0.1) is 6.92 Å². The first-order valence-electron chi connectivity index (χ1n) is 12.7. The minimum atomic E-state index is -0.105. The van der Waals surface area contributed by atoms with Gasteiger partial charge in [0.2, 0.25) is 5.95 Å². The molecule has 9 nitrogen and oxygen atoms in total. The van der Waals surface area contributed by atoms with E-state index in [0.717, 1.165) is 24.1 Å². The molecule has 3 aromatic heterocycles. The molecule has 3 fully saturated rings. The Labute approximate surface area is 199 Å². The number of rotatable bonds is 4. The molecule has 34 heavy (non-hydrogen) atoms. The highest BCUT2D eigenvalue weighted by molar-refractivity contribution is 5.77. The van der Waals surface area contributed by atoms with E-state index in [-0.39, 0.29) is 17.8 Å². The molecule has 9 heteroatoms. The van der Waals surface area contributed by atoms with Crippen molar-refractivity contribution in [3.8, 4) is 0 Å². The molecule has 0 amide bonds. The Morgan fingerprint density at radius 1 is 1.00 bits per heavy atom. The predicted molar refractivity (Wildman–Crippen MR) is 129 cm³/mol. The Bertz CT molecular complexity index is 1270. The van der Waals surface area contributed by atoms with E-state index in [4.69, 9.17) is 19.7 Å². The molecule has 3 aromatic rings. The van der Waals surface area contributed by atoms with E-state index >= 15 is 0 Å². The zero-order valence-electron chi connectivity index (χ0n) is 20.3. The van der Waals surface area contributed by atoms with E-state index in [9.17, 15) is 4.79 Å². The summed E-state index contributed by atoms with van der Waals surface area (Å²) in [6, 6.07) is 0.542. The van der Waals surface area contributed by atoms with E-state index in [0.29, 0.717) is 47.9 Å². The fraction of sp³-hybridized carbons (Fsp3) is 0.640. The Hall–Kier alpha value is -2.81. The van der Waals surface area contributed by atoms with E-state index < -0.39 is 0 Å². The molecule has 3 aliphatic rings. The van der Waals surface area contributed by atoms with E-state index in [1.165, 1.54) is 32.1 Å². The highest BCUT2D eigenvalue weighted by atomic mass is 16.5. The molecule has 0 spiro atoms. The number of fused-ring (bicyclic) bond motifs is 1. The van der Waals surface area contributed by atoms with Crippen molar-refractivity contribution < 1.29 is 4.74 Å². The van der Waals surface area contributed by atoms with Crippen LogP contribution in [0.1, 0.15) is 87.0 Å². The lowest BCUT2D eigenvalue weighted by Crippen LogP contribution is -2.44. The molecule has 2 saturated carbocycles. The van der Waals surface area contributed by atoms with Crippen molar-refractivity contribution in [1.29, 1.82) is 0 Å². The maximum Gasteiger partial charge on any atom is 0.279 e. The molecular formula is C25H33N7O2. The zero-order chi connectivity index (χ0) is 23.4. The van der Waals surface area contributed by atoms with Crippen LogP contribution in [-0.4, -0.2) is 48.5 Å². The summed E-state index contributed by atoms with van der Waals surface area (Å²) in [7, 11) is 1.76. The zero-order valence-corrected chi connectivity index (χ0v) is 20.3. The summed E-state index contributed by atoms with van der Waals surface area (Å²) in [6.07, 6.45) is 12.2. The van der Waals surface area contributed by atoms with Crippen molar-refractivity contribution in [3.63, 3.8) is 0 Å². The number of hydrogen-bond acceptors (Lipinski definition) is 7. The van der Waals surface area contributed by atoms with Crippen molar-refractivity contribution in [2.45, 2.75) is 83.0 Å². The third kappa shape index (κ3) is 3.89. The van der Waals surface area contributed by atoms with Crippen molar-refractivity contribution in [3.05, 3.63) is 39.8 Å². The van der Waals surface area contributed by atoms with Crippen LogP contribution in [0.4, 0.5) is 5.95 Å². The standard InChI is InChI=1S/C25H33N7O2/c1-15-12-31(14-20(34-15)18-11-26-32(13-18)19-9-10-19)25-28-21(17-7-5-4-6-8-17)22-23(29-25)24(33)30(3)16(2)27-22/h11,13,15,17,19-20H,4-10,12,14H2,1-3H3/t15-,20-/m0/s1. The molecule has 0 bridgehead atoms. The Balaban J connectivity index is 1.40. The molecule has 0 N–H and O–H groups in total. The van der Waals surface area contributed by atoms with Crippen LogP contribution in [0.25, 0.3) is 11.0 Å². The average molecular weight is 464 g/mol. The SMILES string of the molecule is Cc1nc2c(C3CCCCC3)nc(N3C[C@@H](c4cnn(C5CC5)c4)O[C@@H](C)C3)nc2c(=O)n1C. The largest absolute Gasteiger partial charge is 0.367 e. The lowest BCUT2D eigenvalue weighted by molar-refractivity contribution is -0.0179. The maximum absolute atomic E-state index is 13.2. The fourth-order valence-corrected chi connectivity index (χ4v) is 5.42. The normalized spacial score (nSPS) is 24.1. The average Bonchev–Trinajstić information content (AvgIpc) is 3.58. The molecule has 180 valence electrons. The van der Waals surface area contributed by atoms with Crippen LogP contribution < -0.4 is 10.5 Å². The van der Waals surface area contributed by atoms with Gasteiger partial charge in [0.25, 0.3) is 5.56 Å². The number of morpholine rings is 1. The molecule has 6 rings (SSSR count). The van der Waals surface area contributed by atoms with Gasteiger partial charge in [-0.2, -0.15) is 5.10 Å². The quantitative estimate of drug-likeness (QED) is 0.584. The minimum Gasteiger partial charge on any atom is -0.367 e. The van der Waals surface area contributed by atoms with Crippen LogP contribution in [0.15, 0.2) is 17.2 Å². The first-order valence-corrected chi connectivity index (χ1v) is 12.7. The third-order valence-corrected chi connectivity index (χ3v) is 7.61. The number of aromatic nitrogens is 6. The highest BCUT2D eigenvalue weighted by Gasteiger charge is 2.32. The van der Waals surface area contributed by atoms with Crippen LogP contribution in [0.5, 0.6) is 0 Å². The lowest BCUT2D eigenvalue weighted by Gasteiger charge is -2.37. The van der Waals surface area contributed by atoms with Gasteiger partial charge in [-0.3, -0.25) is 14.0 Å². The summed E-state index contributed by atoms with van der Waals surface area (Å²) in [5.41, 5.74) is 3.03. The second-order valence-corrected chi connectivity index (χ2v) is 10.3. The summed E-state index contributed by atoms with van der Waals surface area (Å²) in [5, 5.41) is 4.56. The monoisotopic (exact) mass is 463 g/mol. The number of aryl methyl sites for hydroxylation is 1. The van der Waals surface area contributed by atoms with E-state index in [2.05, 4.69) is 27.8 Å². The van der Waals surface area contributed by atoms with Gasteiger partial charge < -0.3 is 9.64 Å². The Morgan fingerprint density at radius 3 is 2.56 bits per heavy atom. The van der Waals surface area contributed by atoms with E-state index in [1.807, 2.05) is 13.1 Å². The van der Waals surface area contributed by atoms with Crippen LogP contribution in [-0.2, 0) is 11.8 Å². The highest BCUT2D eigenvalue weighted by Crippen LogP contribution is 2.37. The van der Waals surface area contributed by atoms with Crippen molar-refractivity contribution >= 4 is 17.0 Å². The second kappa shape index (κ2) is 8.45. The van der Waals surface area contributed by atoms with Gasteiger partial charge in [0, 0.05) is 31.3 Å². The Kier molecular flexibility index (Phi) is 5.39. The van der Waals surface area contributed by atoms with Gasteiger partial charge in [-0.25, -0.2) is 15.0 Å². The first-order chi connectivity index (χ1) is 16.5. The smallest absolute Gasteiger partial charge is 0.279 e. The maximum atomic E-state index is 13.2. The van der Waals surface area contributed by atoms with Gasteiger partial charge in [0.1, 0.15) is 17.4 Å². The topological polar surface area (TPSA) is 91.0 Å². The van der Waals surface area contributed by atoms with Gasteiger partial charge in [-0.1, -0.05) is 19.3 Å². The molecule has 4 heterocycles. The van der Waals surface area contributed by atoms with E-state index in [1.54, 1.807) is 11.6 Å². The number of ether oxygens (including phenoxy) is 1. The summed E-state index contributed by atoms with van der Waals surface area (Å²) in [4.78, 5) is 30.1. The molecular weight excluding hydrogens is 430 g/mol. The van der Waals surface area contributed by atoms with Gasteiger partial charge in [0.15, 0.2) is 5.52 Å². The van der Waals surface area contributed by atoms with Crippen LogP contribution in [0.2, 0.25) is 0 Å². The summed E-state index contributed by atoms with van der Waals surface area (Å²) < 4.78 is 9.95. The van der Waals surface area contributed by atoms with Gasteiger partial charge in [-0.15, -0.1) is 0 Å². The molecule has 2 aliphatic carbocycles. The molecule has 1 aliphatic heterocycles. The fourth-order valence-electron chi connectivity index (χ4n) is 5.42. The van der Waals surface area contributed by atoms with Gasteiger partial charge in [0.05, 0.1) is 30.6 Å². The summed E-state index contributed by atoms with van der Waals surface area (Å²) in [6.45, 7) is 5.27. The molecule has 0 aromatic carbocycles. The van der Waals surface area contributed by atoms with Crippen molar-refractivity contribution in [2.24, 2.45) is 7.05 Å². The van der Waals surface area contributed by atoms with Crippen LogP contribution >= 0.6 is 0 Å². The van der Waals surface area contributed by atoms with Gasteiger partial charge >= 0.3 is 0 Å². The summed E-state index contributed by atoms with van der Waals surface area (Å²) >= 11 is 0. The Morgan fingerprint density at radius 2 is 1.79 bits per heavy atom. The minimum absolute atomic E-state index is 0.0134.